The van der Waals surface area contributed by atoms with Gasteiger partial charge < -0.3 is 10.6 Å². The van der Waals surface area contributed by atoms with Crippen molar-refractivity contribution in [1.82, 2.24) is 9.80 Å². The number of likely N-dealkylation sites (N-methyl/N-ethyl adjacent to an activating group) is 1. The highest BCUT2D eigenvalue weighted by atomic mass is 16.2. The maximum atomic E-state index is 12.2. The quantitative estimate of drug-likeness (QED) is 0.826. The second-order valence-electron chi connectivity index (χ2n) is 6.89. The van der Waals surface area contributed by atoms with Crippen LogP contribution in [0.15, 0.2) is 0 Å². The average molecular weight is 269 g/mol. The number of rotatable bonds is 5. The van der Waals surface area contributed by atoms with Gasteiger partial charge in [0.1, 0.15) is 0 Å². The van der Waals surface area contributed by atoms with Crippen LogP contribution in [-0.2, 0) is 4.79 Å². The molecule has 1 fully saturated rings. The molecule has 0 aromatic heterocycles. The Hall–Kier alpha value is -0.610. The minimum atomic E-state index is 0.141. The standard InChI is InChI=1S/C15H31N3O/c1-12(15(2,3)4)17(5)13(11-16)10-14(19)18-8-6-7-9-18/h12-13H,6-11,16H2,1-5H3. The van der Waals surface area contributed by atoms with Crippen LogP contribution in [0.25, 0.3) is 0 Å². The van der Waals surface area contributed by atoms with Gasteiger partial charge in [-0.2, -0.15) is 0 Å². The molecule has 1 heterocycles. The molecule has 0 spiro atoms. The van der Waals surface area contributed by atoms with Crippen molar-refractivity contribution >= 4 is 5.91 Å². The summed E-state index contributed by atoms with van der Waals surface area (Å²) in [6.07, 6.45) is 2.84. The summed E-state index contributed by atoms with van der Waals surface area (Å²) in [4.78, 5) is 16.5. The van der Waals surface area contributed by atoms with Crippen LogP contribution in [0.4, 0.5) is 0 Å². The molecule has 4 heteroatoms. The number of nitrogens with two attached hydrogens (primary N) is 1. The smallest absolute Gasteiger partial charge is 0.224 e. The lowest BCUT2D eigenvalue weighted by Crippen LogP contribution is -2.50. The number of carbonyl (C=O) groups is 1. The maximum absolute atomic E-state index is 12.2. The molecule has 0 radical (unpaired) electrons. The summed E-state index contributed by atoms with van der Waals surface area (Å²) in [5.41, 5.74) is 6.08. The largest absolute Gasteiger partial charge is 0.343 e. The molecule has 112 valence electrons. The summed E-state index contributed by atoms with van der Waals surface area (Å²) in [6.45, 7) is 11.3. The lowest BCUT2D eigenvalue weighted by molar-refractivity contribution is -0.131. The zero-order valence-electron chi connectivity index (χ0n) is 13.3. The summed E-state index contributed by atoms with van der Waals surface area (Å²) in [5.74, 6) is 0.265. The van der Waals surface area contributed by atoms with Gasteiger partial charge in [-0.3, -0.25) is 9.69 Å². The Kier molecular flexibility index (Phi) is 5.81. The number of carbonyl (C=O) groups excluding carboxylic acids is 1. The zero-order valence-corrected chi connectivity index (χ0v) is 13.3. The molecule has 1 aliphatic rings. The Labute approximate surface area is 118 Å². The third-order valence-corrected chi connectivity index (χ3v) is 4.58. The molecule has 0 bridgehead atoms. The third kappa shape index (κ3) is 4.46. The normalized spacial score (nSPS) is 19.8. The molecule has 19 heavy (non-hydrogen) atoms. The second kappa shape index (κ2) is 6.71. The summed E-state index contributed by atoms with van der Waals surface area (Å²) < 4.78 is 0. The lowest BCUT2D eigenvalue weighted by Gasteiger charge is -2.40. The van der Waals surface area contributed by atoms with Crippen molar-refractivity contribution in [2.75, 3.05) is 26.7 Å². The second-order valence-corrected chi connectivity index (χ2v) is 6.89. The molecular weight excluding hydrogens is 238 g/mol. The summed E-state index contributed by atoms with van der Waals surface area (Å²) >= 11 is 0. The van der Waals surface area contributed by atoms with Crippen molar-refractivity contribution in [1.29, 1.82) is 0 Å². The van der Waals surface area contributed by atoms with Crippen molar-refractivity contribution in [3.05, 3.63) is 0 Å². The highest BCUT2D eigenvalue weighted by molar-refractivity contribution is 5.77. The highest BCUT2D eigenvalue weighted by Crippen LogP contribution is 2.25. The van der Waals surface area contributed by atoms with E-state index in [1.165, 1.54) is 0 Å². The van der Waals surface area contributed by atoms with Crippen molar-refractivity contribution in [2.45, 2.75) is 59.0 Å². The van der Waals surface area contributed by atoms with Crippen molar-refractivity contribution < 1.29 is 4.79 Å². The Morgan fingerprint density at radius 1 is 1.32 bits per heavy atom. The van der Waals surface area contributed by atoms with E-state index in [0.29, 0.717) is 19.0 Å². The molecule has 0 aliphatic carbocycles. The lowest BCUT2D eigenvalue weighted by atomic mass is 9.86. The Morgan fingerprint density at radius 2 is 1.84 bits per heavy atom. The number of likely N-dealkylation sites (tertiary alicyclic amines) is 1. The molecule has 0 aromatic carbocycles. The summed E-state index contributed by atoms with van der Waals surface area (Å²) in [5, 5.41) is 0. The van der Waals surface area contributed by atoms with Crippen LogP contribution in [0.5, 0.6) is 0 Å². The fourth-order valence-corrected chi connectivity index (χ4v) is 2.62. The van der Waals surface area contributed by atoms with E-state index in [1.54, 1.807) is 0 Å². The Balaban J connectivity index is 2.59. The van der Waals surface area contributed by atoms with Crippen LogP contribution in [0.3, 0.4) is 0 Å². The van der Waals surface area contributed by atoms with Gasteiger partial charge >= 0.3 is 0 Å². The van der Waals surface area contributed by atoms with E-state index in [4.69, 9.17) is 5.73 Å². The van der Waals surface area contributed by atoms with E-state index < -0.39 is 0 Å². The van der Waals surface area contributed by atoms with Gasteiger partial charge in [0.25, 0.3) is 0 Å². The molecule has 1 saturated heterocycles. The molecule has 2 N–H and O–H groups in total. The number of hydrogen-bond donors (Lipinski definition) is 1. The molecule has 0 saturated carbocycles. The zero-order chi connectivity index (χ0) is 14.6. The van der Waals surface area contributed by atoms with Crippen LogP contribution in [0.1, 0.15) is 47.0 Å². The van der Waals surface area contributed by atoms with E-state index in [1.807, 2.05) is 4.90 Å². The van der Waals surface area contributed by atoms with Gasteiger partial charge in [-0.05, 0) is 32.2 Å². The van der Waals surface area contributed by atoms with Crippen LogP contribution in [0, 0.1) is 5.41 Å². The van der Waals surface area contributed by atoms with E-state index >= 15 is 0 Å². The van der Waals surface area contributed by atoms with Gasteiger partial charge in [0.05, 0.1) is 0 Å². The first-order chi connectivity index (χ1) is 8.77. The SMILES string of the molecule is CC(N(C)C(CN)CC(=O)N1CCCC1)C(C)(C)C. The molecule has 1 rings (SSSR count). The summed E-state index contributed by atoms with van der Waals surface area (Å²) in [7, 11) is 2.09. The van der Waals surface area contributed by atoms with E-state index in [9.17, 15) is 4.79 Å². The Morgan fingerprint density at radius 3 is 2.26 bits per heavy atom. The number of nitrogens with zero attached hydrogens (tertiary/aromatic N) is 2. The minimum absolute atomic E-state index is 0.141. The van der Waals surface area contributed by atoms with Crippen molar-refractivity contribution in [2.24, 2.45) is 11.1 Å². The molecule has 1 amide bonds. The van der Waals surface area contributed by atoms with Gasteiger partial charge in [-0.1, -0.05) is 20.8 Å². The first-order valence-electron chi connectivity index (χ1n) is 7.47. The van der Waals surface area contributed by atoms with Gasteiger partial charge in [0, 0.05) is 38.1 Å². The van der Waals surface area contributed by atoms with Gasteiger partial charge in [0.15, 0.2) is 0 Å². The average Bonchev–Trinajstić information content (AvgIpc) is 2.86. The first-order valence-corrected chi connectivity index (χ1v) is 7.47. The monoisotopic (exact) mass is 269 g/mol. The molecule has 0 aromatic rings. The van der Waals surface area contributed by atoms with Crippen LogP contribution in [-0.4, -0.2) is 54.5 Å². The summed E-state index contributed by atoms with van der Waals surface area (Å²) in [6, 6.07) is 0.537. The van der Waals surface area contributed by atoms with Crippen LogP contribution >= 0.6 is 0 Å². The van der Waals surface area contributed by atoms with E-state index in [0.717, 1.165) is 25.9 Å². The van der Waals surface area contributed by atoms with Crippen molar-refractivity contribution in [3.8, 4) is 0 Å². The molecule has 2 unspecified atom stereocenters. The highest BCUT2D eigenvalue weighted by Gasteiger charge is 2.30. The fourth-order valence-electron chi connectivity index (χ4n) is 2.62. The van der Waals surface area contributed by atoms with E-state index in [2.05, 4.69) is 39.6 Å². The molecular formula is C15H31N3O. The van der Waals surface area contributed by atoms with Gasteiger partial charge in [-0.15, -0.1) is 0 Å². The van der Waals surface area contributed by atoms with Crippen molar-refractivity contribution in [3.63, 3.8) is 0 Å². The van der Waals surface area contributed by atoms with Gasteiger partial charge in [0.2, 0.25) is 5.91 Å². The predicted octanol–water partition coefficient (Wildman–Crippen LogP) is 1.69. The minimum Gasteiger partial charge on any atom is -0.343 e. The molecule has 1 aliphatic heterocycles. The Bertz CT molecular complexity index is 292. The number of amides is 1. The van der Waals surface area contributed by atoms with Crippen LogP contribution < -0.4 is 5.73 Å². The first kappa shape index (κ1) is 16.4. The third-order valence-electron chi connectivity index (χ3n) is 4.58. The predicted molar refractivity (Wildman–Crippen MR) is 80.0 cm³/mol. The molecule has 4 nitrogen and oxygen atoms in total. The van der Waals surface area contributed by atoms with Crippen LogP contribution in [0.2, 0.25) is 0 Å². The molecule has 2 atom stereocenters. The van der Waals surface area contributed by atoms with E-state index in [-0.39, 0.29) is 17.4 Å². The number of hydrogen-bond acceptors (Lipinski definition) is 3. The van der Waals surface area contributed by atoms with Gasteiger partial charge in [-0.25, -0.2) is 0 Å². The maximum Gasteiger partial charge on any atom is 0.224 e. The fraction of sp³-hybridized carbons (Fsp3) is 0.933. The topological polar surface area (TPSA) is 49.6 Å².